The molecule has 1 rings (SSSR count). The van der Waals surface area contributed by atoms with Crippen LogP contribution in [0.15, 0.2) is 17.4 Å². The van der Waals surface area contributed by atoms with Crippen LogP contribution in [-0.2, 0) is 4.74 Å². The number of esters is 1. The third kappa shape index (κ3) is 3.55. The highest BCUT2D eigenvalue weighted by Gasteiger charge is 2.21. The van der Waals surface area contributed by atoms with Crippen molar-refractivity contribution < 1.29 is 19.7 Å². The van der Waals surface area contributed by atoms with Crippen LogP contribution < -0.4 is 5.73 Å². The van der Waals surface area contributed by atoms with Gasteiger partial charge in [-0.2, -0.15) is 0 Å². The van der Waals surface area contributed by atoms with E-state index in [0.29, 0.717) is 0 Å². The minimum absolute atomic E-state index is 0.0185. The van der Waals surface area contributed by atoms with Crippen molar-refractivity contribution in [3.8, 4) is 0 Å². The van der Waals surface area contributed by atoms with Gasteiger partial charge in [0.25, 0.3) is 0 Å². The third-order valence-electron chi connectivity index (χ3n) is 2.38. The lowest BCUT2D eigenvalue weighted by Gasteiger charge is -2.16. The number of carbonyl (C=O) groups is 1. The number of anilines is 1. The number of azide groups is 1. The Morgan fingerprint density at radius 2 is 2.37 bits per heavy atom. The first-order valence-electron chi connectivity index (χ1n) is 5.22. The number of nitrogens with two attached hydrogens (primary N) is 1. The van der Waals surface area contributed by atoms with Crippen LogP contribution >= 0.6 is 0 Å². The van der Waals surface area contributed by atoms with Crippen molar-refractivity contribution in [1.82, 2.24) is 4.98 Å². The van der Waals surface area contributed by atoms with Crippen LogP contribution in [0, 0.1) is 0 Å². The van der Waals surface area contributed by atoms with Crippen molar-refractivity contribution in [2.45, 2.75) is 12.2 Å². The molecule has 0 bridgehead atoms. The Labute approximate surface area is 108 Å². The van der Waals surface area contributed by atoms with Crippen LogP contribution in [0.3, 0.4) is 0 Å². The maximum Gasteiger partial charge on any atom is 0.341 e. The average Bonchev–Trinajstić information content (AvgIpc) is 2.43. The molecule has 0 spiro atoms. The second kappa shape index (κ2) is 6.55. The first kappa shape index (κ1) is 14.7. The summed E-state index contributed by atoms with van der Waals surface area (Å²) in [5.41, 5.74) is 13.8. The Balaban J connectivity index is 3.01. The first-order valence-corrected chi connectivity index (χ1v) is 5.22. The third-order valence-corrected chi connectivity index (χ3v) is 2.38. The van der Waals surface area contributed by atoms with Gasteiger partial charge in [-0.3, -0.25) is 0 Å². The second-order valence-electron chi connectivity index (χ2n) is 3.62. The SMILES string of the molecule is COC(=O)c1cc(C(O)C(O)CN=[N+]=[N-])cnc1N. The Morgan fingerprint density at radius 1 is 1.68 bits per heavy atom. The summed E-state index contributed by atoms with van der Waals surface area (Å²) in [6.45, 7) is -0.310. The number of ether oxygens (including phenoxy) is 1. The van der Waals surface area contributed by atoms with Crippen molar-refractivity contribution in [3.63, 3.8) is 0 Å². The molecule has 0 aliphatic rings. The number of aromatic nitrogens is 1. The van der Waals surface area contributed by atoms with E-state index in [1.807, 2.05) is 0 Å². The van der Waals surface area contributed by atoms with E-state index >= 15 is 0 Å². The summed E-state index contributed by atoms with van der Waals surface area (Å²) in [5, 5.41) is 22.5. The normalized spacial score (nSPS) is 13.2. The number of hydrogen-bond acceptors (Lipinski definition) is 7. The Bertz CT molecular complexity index is 515. The van der Waals surface area contributed by atoms with E-state index in [-0.39, 0.29) is 23.5 Å². The highest BCUT2D eigenvalue weighted by Crippen LogP contribution is 2.20. The molecule has 0 saturated carbocycles. The molecule has 0 aromatic carbocycles. The molecule has 4 N–H and O–H groups in total. The molecule has 1 heterocycles. The zero-order valence-corrected chi connectivity index (χ0v) is 10.1. The quantitative estimate of drug-likeness (QED) is 0.298. The zero-order chi connectivity index (χ0) is 14.4. The maximum absolute atomic E-state index is 11.4. The number of pyridine rings is 1. The lowest BCUT2D eigenvalue weighted by Crippen LogP contribution is -2.22. The lowest BCUT2D eigenvalue weighted by atomic mass is 10.0. The van der Waals surface area contributed by atoms with E-state index in [1.54, 1.807) is 0 Å². The van der Waals surface area contributed by atoms with Crippen LogP contribution in [0.2, 0.25) is 0 Å². The summed E-state index contributed by atoms with van der Waals surface area (Å²) in [6.07, 6.45) is -1.46. The van der Waals surface area contributed by atoms with Crippen molar-refractivity contribution >= 4 is 11.8 Å². The summed E-state index contributed by atoms with van der Waals surface area (Å²) in [5.74, 6) is -0.754. The Morgan fingerprint density at radius 3 is 2.95 bits per heavy atom. The minimum Gasteiger partial charge on any atom is -0.465 e. The fraction of sp³-hybridized carbons (Fsp3) is 0.400. The molecule has 2 unspecified atom stereocenters. The predicted molar refractivity (Wildman–Crippen MR) is 65.0 cm³/mol. The molecule has 9 nitrogen and oxygen atoms in total. The number of rotatable bonds is 5. The van der Waals surface area contributed by atoms with Gasteiger partial charge in [-0.05, 0) is 11.6 Å². The molecular weight excluding hydrogens is 254 g/mol. The van der Waals surface area contributed by atoms with Gasteiger partial charge >= 0.3 is 5.97 Å². The van der Waals surface area contributed by atoms with Gasteiger partial charge in [0.2, 0.25) is 0 Å². The maximum atomic E-state index is 11.4. The van der Waals surface area contributed by atoms with Crippen molar-refractivity contribution in [2.75, 3.05) is 19.4 Å². The smallest absolute Gasteiger partial charge is 0.341 e. The van der Waals surface area contributed by atoms with E-state index in [9.17, 15) is 15.0 Å². The minimum atomic E-state index is -1.36. The molecule has 19 heavy (non-hydrogen) atoms. The Hall–Kier alpha value is -2.35. The predicted octanol–water partition coefficient (Wildman–Crippen LogP) is 0.155. The van der Waals surface area contributed by atoms with Crippen molar-refractivity contribution in [2.24, 2.45) is 5.11 Å². The topological polar surface area (TPSA) is 154 Å². The van der Waals surface area contributed by atoms with Crippen molar-refractivity contribution in [1.29, 1.82) is 0 Å². The van der Waals surface area contributed by atoms with Crippen LogP contribution in [0.25, 0.3) is 10.4 Å². The number of hydrogen-bond donors (Lipinski definition) is 3. The fourth-order valence-corrected chi connectivity index (χ4v) is 1.37. The second-order valence-corrected chi connectivity index (χ2v) is 3.62. The molecule has 2 atom stereocenters. The molecule has 0 fully saturated rings. The molecule has 9 heteroatoms. The lowest BCUT2D eigenvalue weighted by molar-refractivity contribution is 0.0241. The van der Waals surface area contributed by atoms with Gasteiger partial charge in [-0.25, -0.2) is 9.78 Å². The number of nitrogen functional groups attached to an aromatic ring is 1. The number of carbonyl (C=O) groups excluding carboxylic acids is 1. The molecule has 102 valence electrons. The van der Waals surface area contributed by atoms with Gasteiger partial charge < -0.3 is 20.7 Å². The highest BCUT2D eigenvalue weighted by molar-refractivity contribution is 5.94. The number of nitrogens with zero attached hydrogens (tertiary/aromatic N) is 4. The van der Waals surface area contributed by atoms with Gasteiger partial charge in [-0.1, -0.05) is 5.11 Å². The van der Waals surface area contributed by atoms with Crippen LogP contribution in [0.5, 0.6) is 0 Å². The average molecular weight is 267 g/mol. The summed E-state index contributed by atoms with van der Waals surface area (Å²) < 4.78 is 4.51. The standard InChI is InChI=1S/C10H13N5O4/c1-19-10(18)6-2-5(3-13-9(6)11)8(17)7(16)4-14-15-12/h2-3,7-8,16-17H,4H2,1H3,(H2,11,13). The summed E-state index contributed by atoms with van der Waals surface area (Å²) in [7, 11) is 1.18. The molecule has 0 saturated heterocycles. The zero-order valence-electron chi connectivity index (χ0n) is 10.1. The van der Waals surface area contributed by atoms with E-state index in [2.05, 4.69) is 19.7 Å². The highest BCUT2D eigenvalue weighted by atomic mass is 16.5. The molecule has 0 aliphatic heterocycles. The Kier molecular flexibility index (Phi) is 5.07. The van der Waals surface area contributed by atoms with E-state index in [1.165, 1.54) is 19.4 Å². The summed E-state index contributed by atoms with van der Waals surface area (Å²) in [4.78, 5) is 17.6. The van der Waals surface area contributed by atoms with Gasteiger partial charge in [0.1, 0.15) is 17.5 Å². The summed E-state index contributed by atoms with van der Waals surface area (Å²) >= 11 is 0. The van der Waals surface area contributed by atoms with Gasteiger partial charge in [0.15, 0.2) is 0 Å². The number of aliphatic hydroxyl groups excluding tert-OH is 2. The molecule has 1 aromatic rings. The largest absolute Gasteiger partial charge is 0.465 e. The van der Waals surface area contributed by atoms with Gasteiger partial charge in [0, 0.05) is 16.7 Å². The molecule has 0 radical (unpaired) electrons. The van der Waals surface area contributed by atoms with Crippen LogP contribution in [0.1, 0.15) is 22.0 Å². The fourth-order valence-electron chi connectivity index (χ4n) is 1.37. The molecule has 1 aromatic heterocycles. The van der Waals surface area contributed by atoms with E-state index < -0.39 is 18.2 Å². The van der Waals surface area contributed by atoms with Gasteiger partial charge in [-0.15, -0.1) is 0 Å². The molecule has 0 amide bonds. The number of methoxy groups -OCH3 is 1. The van der Waals surface area contributed by atoms with Gasteiger partial charge in [0.05, 0.1) is 19.8 Å². The summed E-state index contributed by atoms with van der Waals surface area (Å²) in [6, 6.07) is 1.26. The van der Waals surface area contributed by atoms with Crippen molar-refractivity contribution in [3.05, 3.63) is 33.8 Å². The van der Waals surface area contributed by atoms with Crippen LogP contribution in [0.4, 0.5) is 5.82 Å². The molecule has 0 aliphatic carbocycles. The molecular formula is C10H13N5O4. The van der Waals surface area contributed by atoms with Crippen LogP contribution in [-0.4, -0.2) is 40.9 Å². The number of aliphatic hydroxyl groups is 2. The monoisotopic (exact) mass is 267 g/mol. The van der Waals surface area contributed by atoms with E-state index in [0.717, 1.165) is 0 Å². The first-order chi connectivity index (χ1) is 9.01. The van der Waals surface area contributed by atoms with E-state index in [4.69, 9.17) is 11.3 Å².